The van der Waals surface area contributed by atoms with E-state index >= 15 is 0 Å². The first-order valence-electron chi connectivity index (χ1n) is 4.01. The van der Waals surface area contributed by atoms with E-state index in [1.807, 2.05) is 0 Å². The Morgan fingerprint density at radius 3 is 2.54 bits per heavy atom. The van der Waals surface area contributed by atoms with Gasteiger partial charge in [0.15, 0.2) is 5.76 Å². The summed E-state index contributed by atoms with van der Waals surface area (Å²) in [6.45, 7) is 3.79. The van der Waals surface area contributed by atoms with Crippen molar-refractivity contribution in [2.75, 3.05) is 13.6 Å². The van der Waals surface area contributed by atoms with Gasteiger partial charge in [0.1, 0.15) is 5.76 Å². The summed E-state index contributed by atoms with van der Waals surface area (Å²) in [7, 11) is 1.71. The molecule has 4 heteroatoms. The third kappa shape index (κ3) is 1.92. The summed E-state index contributed by atoms with van der Waals surface area (Å²) in [5.74, 6) is 0.880. The summed E-state index contributed by atoms with van der Waals surface area (Å²) >= 11 is 5.88. The number of ketones is 1. The first-order valence-corrected chi connectivity index (χ1v) is 4.39. The van der Waals surface area contributed by atoms with Gasteiger partial charge in [0.2, 0.25) is 5.78 Å². The Labute approximate surface area is 82.1 Å². The van der Waals surface area contributed by atoms with Crippen molar-refractivity contribution >= 4 is 17.4 Å². The molecular weight excluding hydrogens is 190 g/mol. The second-order valence-corrected chi connectivity index (χ2v) is 3.26. The highest BCUT2D eigenvalue weighted by molar-refractivity contribution is 6.32. The molecule has 0 aliphatic heterocycles. The second kappa shape index (κ2) is 3.94. The number of Topliss-reactive ketones (excluding diaryl/α,β-unsaturated/α-hetero) is 1. The Morgan fingerprint density at radius 1 is 1.54 bits per heavy atom. The zero-order chi connectivity index (χ0) is 10.0. The average molecular weight is 202 g/mol. The number of nitrogens with one attached hydrogen (secondary N) is 1. The number of hydrogen-bond donors (Lipinski definition) is 1. The Balaban J connectivity index is 3.01. The third-order valence-electron chi connectivity index (χ3n) is 1.82. The monoisotopic (exact) mass is 201 g/mol. The molecule has 1 heterocycles. The SMILES string of the molecule is CNCC(=O)c1oc(C)c(Cl)c1C. The van der Waals surface area contributed by atoms with Crippen molar-refractivity contribution in [2.24, 2.45) is 0 Å². The van der Waals surface area contributed by atoms with Crippen LogP contribution >= 0.6 is 11.6 Å². The van der Waals surface area contributed by atoms with E-state index in [9.17, 15) is 4.79 Å². The Kier molecular flexibility index (Phi) is 3.12. The second-order valence-electron chi connectivity index (χ2n) is 2.88. The molecule has 0 fully saturated rings. The molecule has 1 N–H and O–H groups in total. The highest BCUT2D eigenvalue weighted by Gasteiger charge is 2.17. The quantitative estimate of drug-likeness (QED) is 0.761. The lowest BCUT2D eigenvalue weighted by atomic mass is 10.2. The van der Waals surface area contributed by atoms with Crippen LogP contribution in [0.2, 0.25) is 5.02 Å². The first kappa shape index (κ1) is 10.3. The van der Waals surface area contributed by atoms with E-state index in [4.69, 9.17) is 16.0 Å². The molecule has 0 atom stereocenters. The van der Waals surface area contributed by atoms with Crippen molar-refractivity contribution in [3.8, 4) is 0 Å². The standard InChI is InChI=1S/C9H12ClNO2/c1-5-8(10)6(2)13-9(5)7(12)4-11-3/h11H,4H2,1-3H3. The molecule has 0 aliphatic carbocycles. The molecule has 1 aromatic heterocycles. The number of furan rings is 1. The lowest BCUT2D eigenvalue weighted by molar-refractivity contribution is 0.0965. The normalized spacial score (nSPS) is 10.5. The van der Waals surface area contributed by atoms with E-state index in [0.29, 0.717) is 16.5 Å². The van der Waals surface area contributed by atoms with Crippen molar-refractivity contribution in [3.05, 3.63) is 22.1 Å². The van der Waals surface area contributed by atoms with Crippen molar-refractivity contribution in [1.29, 1.82) is 0 Å². The lowest BCUT2D eigenvalue weighted by Crippen LogP contribution is -2.18. The van der Waals surface area contributed by atoms with Crippen molar-refractivity contribution in [2.45, 2.75) is 13.8 Å². The predicted molar refractivity (Wildman–Crippen MR) is 51.4 cm³/mol. The van der Waals surface area contributed by atoms with Gasteiger partial charge in [-0.2, -0.15) is 0 Å². The number of hydrogen-bond acceptors (Lipinski definition) is 3. The molecule has 13 heavy (non-hydrogen) atoms. The van der Waals surface area contributed by atoms with Gasteiger partial charge < -0.3 is 9.73 Å². The van der Waals surface area contributed by atoms with Crippen LogP contribution in [-0.4, -0.2) is 19.4 Å². The molecule has 1 rings (SSSR count). The molecule has 72 valence electrons. The molecule has 0 radical (unpaired) electrons. The van der Waals surface area contributed by atoms with Gasteiger partial charge in [-0.25, -0.2) is 0 Å². The van der Waals surface area contributed by atoms with Gasteiger partial charge in [-0.1, -0.05) is 11.6 Å². The fourth-order valence-electron chi connectivity index (χ4n) is 1.15. The molecule has 0 aromatic carbocycles. The van der Waals surface area contributed by atoms with Gasteiger partial charge in [-0.05, 0) is 20.9 Å². The van der Waals surface area contributed by atoms with E-state index in [-0.39, 0.29) is 12.3 Å². The highest BCUT2D eigenvalue weighted by atomic mass is 35.5. The summed E-state index contributed by atoms with van der Waals surface area (Å²) in [6, 6.07) is 0. The number of halogens is 1. The maximum absolute atomic E-state index is 11.4. The minimum Gasteiger partial charge on any atom is -0.456 e. The first-order chi connectivity index (χ1) is 6.07. The number of carbonyl (C=O) groups excluding carboxylic acids is 1. The highest BCUT2D eigenvalue weighted by Crippen LogP contribution is 2.26. The van der Waals surface area contributed by atoms with Gasteiger partial charge in [-0.15, -0.1) is 0 Å². The largest absolute Gasteiger partial charge is 0.456 e. The fourth-order valence-corrected chi connectivity index (χ4v) is 1.27. The molecule has 0 amide bonds. The van der Waals surface area contributed by atoms with E-state index in [1.165, 1.54) is 0 Å². The molecular formula is C9H12ClNO2. The number of aryl methyl sites for hydroxylation is 1. The summed E-state index contributed by atoms with van der Waals surface area (Å²) < 4.78 is 5.24. The topological polar surface area (TPSA) is 42.2 Å². The Morgan fingerprint density at radius 2 is 2.15 bits per heavy atom. The number of likely N-dealkylation sites (N-methyl/N-ethyl adjacent to an activating group) is 1. The van der Waals surface area contributed by atoms with Gasteiger partial charge in [0, 0.05) is 5.56 Å². The smallest absolute Gasteiger partial charge is 0.212 e. The zero-order valence-corrected chi connectivity index (χ0v) is 8.66. The average Bonchev–Trinajstić information content (AvgIpc) is 2.33. The van der Waals surface area contributed by atoms with Crippen LogP contribution in [0.15, 0.2) is 4.42 Å². The van der Waals surface area contributed by atoms with Crippen LogP contribution in [0.5, 0.6) is 0 Å². The minimum atomic E-state index is -0.0741. The van der Waals surface area contributed by atoms with Crippen LogP contribution in [0.1, 0.15) is 21.9 Å². The molecule has 0 unspecified atom stereocenters. The Bertz CT molecular complexity index is 331. The van der Waals surface area contributed by atoms with Crippen LogP contribution in [0, 0.1) is 13.8 Å². The van der Waals surface area contributed by atoms with Crippen molar-refractivity contribution in [3.63, 3.8) is 0 Å². The summed E-state index contributed by atoms with van der Waals surface area (Å²) in [5, 5.41) is 3.31. The molecule has 0 saturated carbocycles. The van der Waals surface area contributed by atoms with E-state index in [0.717, 1.165) is 5.56 Å². The summed E-state index contributed by atoms with van der Waals surface area (Å²) in [6.07, 6.45) is 0. The molecule has 0 spiro atoms. The fraction of sp³-hybridized carbons (Fsp3) is 0.444. The lowest BCUT2D eigenvalue weighted by Gasteiger charge is -1.96. The molecule has 3 nitrogen and oxygen atoms in total. The minimum absolute atomic E-state index is 0.0741. The summed E-state index contributed by atoms with van der Waals surface area (Å²) in [5.41, 5.74) is 0.722. The van der Waals surface area contributed by atoms with Crippen molar-refractivity contribution in [1.82, 2.24) is 5.32 Å². The van der Waals surface area contributed by atoms with E-state index in [1.54, 1.807) is 20.9 Å². The van der Waals surface area contributed by atoms with Crippen LogP contribution in [0.25, 0.3) is 0 Å². The summed E-state index contributed by atoms with van der Waals surface area (Å²) in [4.78, 5) is 11.4. The number of rotatable bonds is 3. The Hall–Kier alpha value is -0.800. The number of carbonyl (C=O) groups is 1. The zero-order valence-electron chi connectivity index (χ0n) is 7.90. The van der Waals surface area contributed by atoms with Crippen LogP contribution < -0.4 is 5.32 Å². The molecule has 0 saturated heterocycles. The predicted octanol–water partition coefficient (Wildman–Crippen LogP) is 1.95. The van der Waals surface area contributed by atoms with Gasteiger partial charge in [0.25, 0.3) is 0 Å². The maximum atomic E-state index is 11.4. The van der Waals surface area contributed by atoms with Crippen LogP contribution in [0.4, 0.5) is 0 Å². The van der Waals surface area contributed by atoms with Gasteiger partial charge >= 0.3 is 0 Å². The van der Waals surface area contributed by atoms with Crippen LogP contribution in [-0.2, 0) is 0 Å². The van der Waals surface area contributed by atoms with Gasteiger partial charge in [-0.3, -0.25) is 4.79 Å². The molecule has 1 aromatic rings. The van der Waals surface area contributed by atoms with Crippen LogP contribution in [0.3, 0.4) is 0 Å². The van der Waals surface area contributed by atoms with E-state index in [2.05, 4.69) is 5.32 Å². The maximum Gasteiger partial charge on any atom is 0.212 e. The van der Waals surface area contributed by atoms with Crippen molar-refractivity contribution < 1.29 is 9.21 Å². The molecule has 0 bridgehead atoms. The van der Waals surface area contributed by atoms with Gasteiger partial charge in [0.05, 0.1) is 11.6 Å². The van der Waals surface area contributed by atoms with E-state index < -0.39 is 0 Å². The molecule has 0 aliphatic rings. The third-order valence-corrected chi connectivity index (χ3v) is 2.37.